The molecular weight excluding hydrogens is 358 g/mol. The fourth-order valence-electron chi connectivity index (χ4n) is 6.51. The lowest BCUT2D eigenvalue weighted by molar-refractivity contribution is -0.137. The molecule has 0 aromatic carbocycles. The molecule has 0 aromatic rings. The molecule has 29 heavy (non-hydrogen) atoms. The summed E-state index contributed by atoms with van der Waals surface area (Å²) in [5.41, 5.74) is 1.05. The number of piperidine rings is 2. The summed E-state index contributed by atoms with van der Waals surface area (Å²) in [5.74, 6) is 0.270. The quantitative estimate of drug-likeness (QED) is 0.720. The SMILES string of the molecule is CC1(C)CC(N(C(=O)C2=CC=CCC2)C2CC(C)(C)NC(C)(C)C2)CC(C)(C)N1. The first kappa shape index (κ1) is 22.6. The summed E-state index contributed by atoms with van der Waals surface area (Å²) in [6.45, 7) is 18.2. The van der Waals surface area contributed by atoms with E-state index in [-0.39, 0.29) is 40.1 Å². The molecule has 2 aliphatic heterocycles. The van der Waals surface area contributed by atoms with E-state index in [1.54, 1.807) is 0 Å². The topological polar surface area (TPSA) is 44.4 Å². The van der Waals surface area contributed by atoms with Gasteiger partial charge in [-0.25, -0.2) is 0 Å². The average molecular weight is 402 g/mol. The van der Waals surface area contributed by atoms with Crippen LogP contribution in [0.4, 0.5) is 0 Å². The van der Waals surface area contributed by atoms with Crippen LogP contribution in [0.25, 0.3) is 0 Å². The van der Waals surface area contributed by atoms with Crippen LogP contribution in [0.1, 0.15) is 93.9 Å². The maximum absolute atomic E-state index is 13.9. The normalized spacial score (nSPS) is 28.6. The number of nitrogens with one attached hydrogen (secondary N) is 2. The van der Waals surface area contributed by atoms with E-state index in [4.69, 9.17) is 0 Å². The molecule has 2 heterocycles. The van der Waals surface area contributed by atoms with Gasteiger partial charge in [0.1, 0.15) is 0 Å². The largest absolute Gasteiger partial charge is 0.333 e. The van der Waals surface area contributed by atoms with E-state index < -0.39 is 0 Å². The summed E-state index contributed by atoms with van der Waals surface area (Å²) in [7, 11) is 0. The Morgan fingerprint density at radius 1 is 0.828 bits per heavy atom. The van der Waals surface area contributed by atoms with Crippen LogP contribution in [0.5, 0.6) is 0 Å². The minimum absolute atomic E-state index is 0.0176. The molecule has 0 saturated carbocycles. The van der Waals surface area contributed by atoms with Crippen LogP contribution in [0, 0.1) is 0 Å². The van der Waals surface area contributed by atoms with Crippen LogP contribution in [0.15, 0.2) is 23.8 Å². The molecule has 0 bridgehead atoms. The molecule has 0 aromatic heterocycles. The molecule has 2 fully saturated rings. The van der Waals surface area contributed by atoms with E-state index >= 15 is 0 Å². The monoisotopic (exact) mass is 401 g/mol. The lowest BCUT2D eigenvalue weighted by atomic mass is 9.75. The standard InChI is InChI=1S/C25H43N3O/c1-22(2)14-19(15-23(3,4)26-22)28(21(29)18-12-10-9-11-13-18)20-16-24(5,6)27-25(7,8)17-20/h9-10,12,19-20,26-27H,11,13-17H2,1-8H3. The smallest absolute Gasteiger partial charge is 0.250 e. The minimum atomic E-state index is 0.0176. The Kier molecular flexibility index (Phi) is 5.86. The summed E-state index contributed by atoms with van der Waals surface area (Å²) in [5, 5.41) is 7.59. The van der Waals surface area contributed by atoms with E-state index in [0.717, 1.165) is 44.1 Å². The first-order chi connectivity index (χ1) is 13.2. The highest BCUT2D eigenvalue weighted by molar-refractivity contribution is 5.94. The molecule has 1 aliphatic carbocycles. The van der Waals surface area contributed by atoms with Crippen LogP contribution < -0.4 is 10.6 Å². The molecule has 3 aliphatic rings. The van der Waals surface area contributed by atoms with Gasteiger partial charge in [0.2, 0.25) is 5.91 Å². The van der Waals surface area contributed by atoms with E-state index in [1.165, 1.54) is 0 Å². The number of rotatable bonds is 3. The summed E-state index contributed by atoms with van der Waals surface area (Å²) < 4.78 is 0. The van der Waals surface area contributed by atoms with E-state index in [9.17, 15) is 4.79 Å². The molecular formula is C25H43N3O. The lowest BCUT2D eigenvalue weighted by Gasteiger charge is -2.55. The molecule has 2 saturated heterocycles. The molecule has 3 rings (SSSR count). The van der Waals surface area contributed by atoms with Gasteiger partial charge in [0, 0.05) is 39.8 Å². The van der Waals surface area contributed by atoms with Crippen LogP contribution in [-0.4, -0.2) is 45.0 Å². The number of carbonyl (C=O) groups is 1. The summed E-state index contributed by atoms with van der Waals surface area (Å²) in [6.07, 6.45) is 12.1. The summed E-state index contributed by atoms with van der Waals surface area (Å²) in [4.78, 5) is 16.2. The number of amides is 1. The van der Waals surface area contributed by atoms with Gasteiger partial charge in [0.25, 0.3) is 0 Å². The second-order valence-electron chi connectivity index (χ2n) is 12.3. The first-order valence-electron chi connectivity index (χ1n) is 11.5. The Hall–Kier alpha value is -1.13. The van der Waals surface area contributed by atoms with Crippen molar-refractivity contribution in [2.75, 3.05) is 0 Å². The van der Waals surface area contributed by atoms with Crippen LogP contribution in [0.3, 0.4) is 0 Å². The van der Waals surface area contributed by atoms with Crippen molar-refractivity contribution < 1.29 is 4.79 Å². The van der Waals surface area contributed by atoms with Gasteiger partial charge in [-0.3, -0.25) is 4.79 Å². The van der Waals surface area contributed by atoms with Gasteiger partial charge in [-0.1, -0.05) is 18.2 Å². The third-order valence-corrected chi connectivity index (χ3v) is 6.65. The van der Waals surface area contributed by atoms with Crippen molar-refractivity contribution in [3.05, 3.63) is 23.8 Å². The van der Waals surface area contributed by atoms with Gasteiger partial charge in [-0.05, 0) is 93.9 Å². The number of hydrogen-bond donors (Lipinski definition) is 2. The lowest BCUT2D eigenvalue weighted by Crippen LogP contribution is -2.67. The van der Waals surface area contributed by atoms with Gasteiger partial charge in [0.05, 0.1) is 0 Å². The van der Waals surface area contributed by atoms with E-state index in [2.05, 4.69) is 83.1 Å². The molecule has 1 amide bonds. The molecule has 0 unspecified atom stereocenters. The van der Waals surface area contributed by atoms with Gasteiger partial charge < -0.3 is 15.5 Å². The van der Waals surface area contributed by atoms with Crippen molar-refractivity contribution in [2.24, 2.45) is 0 Å². The zero-order valence-corrected chi connectivity index (χ0v) is 20.0. The molecule has 0 radical (unpaired) electrons. The van der Waals surface area contributed by atoms with Crippen LogP contribution >= 0.6 is 0 Å². The van der Waals surface area contributed by atoms with Crippen molar-refractivity contribution in [2.45, 2.75) is 128 Å². The Balaban J connectivity index is 1.99. The van der Waals surface area contributed by atoms with Crippen LogP contribution in [0.2, 0.25) is 0 Å². The highest BCUT2D eigenvalue weighted by Crippen LogP contribution is 2.39. The maximum Gasteiger partial charge on any atom is 0.250 e. The number of hydrogen-bond acceptors (Lipinski definition) is 3. The predicted octanol–water partition coefficient (Wildman–Crippen LogP) is 4.71. The maximum atomic E-state index is 13.9. The number of carbonyl (C=O) groups excluding carboxylic acids is 1. The third-order valence-electron chi connectivity index (χ3n) is 6.65. The van der Waals surface area contributed by atoms with Gasteiger partial charge in [-0.2, -0.15) is 0 Å². The van der Waals surface area contributed by atoms with Gasteiger partial charge in [-0.15, -0.1) is 0 Å². The zero-order valence-electron chi connectivity index (χ0n) is 20.0. The van der Waals surface area contributed by atoms with E-state index in [0.29, 0.717) is 0 Å². The van der Waals surface area contributed by atoms with E-state index in [1.807, 2.05) is 6.08 Å². The molecule has 4 nitrogen and oxygen atoms in total. The third kappa shape index (κ3) is 5.52. The second-order valence-corrected chi connectivity index (χ2v) is 12.3. The van der Waals surface area contributed by atoms with Crippen molar-refractivity contribution in [1.82, 2.24) is 15.5 Å². The second kappa shape index (κ2) is 7.53. The summed E-state index contributed by atoms with van der Waals surface area (Å²) >= 11 is 0. The number of nitrogens with zero attached hydrogens (tertiary/aromatic N) is 1. The van der Waals surface area contributed by atoms with Gasteiger partial charge >= 0.3 is 0 Å². The highest BCUT2D eigenvalue weighted by Gasteiger charge is 2.47. The Labute approximate surface area is 178 Å². The number of allylic oxidation sites excluding steroid dienone is 3. The Morgan fingerprint density at radius 3 is 1.59 bits per heavy atom. The van der Waals surface area contributed by atoms with Crippen molar-refractivity contribution in [3.63, 3.8) is 0 Å². The van der Waals surface area contributed by atoms with Crippen LogP contribution in [-0.2, 0) is 4.79 Å². The van der Waals surface area contributed by atoms with Crippen molar-refractivity contribution in [3.8, 4) is 0 Å². The first-order valence-corrected chi connectivity index (χ1v) is 11.5. The fraction of sp³-hybridized carbons (Fsp3) is 0.800. The molecule has 2 N–H and O–H groups in total. The van der Waals surface area contributed by atoms with Crippen molar-refractivity contribution >= 4 is 5.91 Å². The molecule has 0 atom stereocenters. The minimum Gasteiger partial charge on any atom is -0.333 e. The average Bonchev–Trinajstić information content (AvgIpc) is 2.49. The predicted molar refractivity (Wildman–Crippen MR) is 122 cm³/mol. The molecule has 4 heteroatoms. The Morgan fingerprint density at radius 2 is 1.24 bits per heavy atom. The molecule has 0 spiro atoms. The fourth-order valence-corrected chi connectivity index (χ4v) is 6.51. The zero-order chi connectivity index (χ0) is 21.7. The molecule has 164 valence electrons. The van der Waals surface area contributed by atoms with Crippen molar-refractivity contribution in [1.29, 1.82) is 0 Å². The highest BCUT2D eigenvalue weighted by atomic mass is 16.2. The van der Waals surface area contributed by atoms with Gasteiger partial charge in [0.15, 0.2) is 0 Å². The Bertz CT molecular complexity index is 629. The summed E-state index contributed by atoms with van der Waals surface area (Å²) in [6, 6.07) is 0.519.